The molecule has 1 saturated heterocycles. The van der Waals surface area contributed by atoms with E-state index in [-0.39, 0.29) is 23.8 Å². The fraction of sp³-hybridized carbons (Fsp3) is 0.429. The number of likely N-dealkylation sites (tertiary alicyclic amines) is 1. The lowest BCUT2D eigenvalue weighted by Gasteiger charge is -2.37. The van der Waals surface area contributed by atoms with Crippen molar-refractivity contribution in [3.63, 3.8) is 0 Å². The van der Waals surface area contributed by atoms with Crippen LogP contribution in [0.15, 0.2) is 30.6 Å². The molecule has 2 fully saturated rings. The predicted octanol–water partition coefficient (Wildman–Crippen LogP) is 3.71. The fourth-order valence-electron chi connectivity index (χ4n) is 4.27. The zero-order valence-electron chi connectivity index (χ0n) is 16.4. The van der Waals surface area contributed by atoms with Crippen LogP contribution < -0.4 is 0 Å². The normalized spacial score (nSPS) is 21.2. The lowest BCUT2D eigenvalue weighted by molar-refractivity contribution is -0.0641. The van der Waals surface area contributed by atoms with Gasteiger partial charge in [0.2, 0.25) is 0 Å². The summed E-state index contributed by atoms with van der Waals surface area (Å²) in [7, 11) is 0. The second-order valence-electron chi connectivity index (χ2n) is 8.25. The summed E-state index contributed by atoms with van der Waals surface area (Å²) in [6.07, 6.45) is 2.69. The molecule has 6 nitrogen and oxygen atoms in total. The Morgan fingerprint density at radius 2 is 2.00 bits per heavy atom. The molecular weight excluding hydrogens is 395 g/mol. The van der Waals surface area contributed by atoms with E-state index in [4.69, 9.17) is 0 Å². The van der Waals surface area contributed by atoms with Gasteiger partial charge in [0.15, 0.2) is 0 Å². The molecule has 1 saturated carbocycles. The molecule has 30 heavy (non-hydrogen) atoms. The molecule has 0 bridgehead atoms. The van der Waals surface area contributed by atoms with Crippen LogP contribution in [0.1, 0.15) is 58.4 Å². The van der Waals surface area contributed by atoms with Crippen LogP contribution in [-0.4, -0.2) is 49.4 Å². The third-order valence-corrected chi connectivity index (χ3v) is 5.78. The predicted molar refractivity (Wildman–Crippen MR) is 102 cm³/mol. The van der Waals surface area contributed by atoms with E-state index in [1.165, 1.54) is 29.0 Å². The van der Waals surface area contributed by atoms with Crippen molar-refractivity contribution in [1.29, 1.82) is 0 Å². The number of aryl methyl sites for hydroxylation is 1. The summed E-state index contributed by atoms with van der Waals surface area (Å²) in [6.45, 7) is 1.21. The Hall–Kier alpha value is -2.97. The Balaban J connectivity index is 1.48. The van der Waals surface area contributed by atoms with Gasteiger partial charge >= 0.3 is 0 Å². The molecule has 5 rings (SSSR count). The molecule has 0 N–H and O–H groups in total. The van der Waals surface area contributed by atoms with Gasteiger partial charge in [-0.05, 0) is 55.5 Å². The standard InChI is InChI=1S/C21H20F3N5O/c1-12-6-18(29-20(27-12)25-11-26-29)15-8-21(23,24)10-28(9-15)19(30)14-4-5-17(22)16(7-14)13-2-3-13/h4-7,11,13,15H,2-3,8-10H2,1H3/t15-/m0/s1. The maximum atomic E-state index is 14.7. The lowest BCUT2D eigenvalue weighted by atomic mass is 9.91. The number of fused-ring (bicyclic) bond motifs is 1. The number of amides is 1. The summed E-state index contributed by atoms with van der Waals surface area (Å²) in [5, 5.41) is 4.11. The highest BCUT2D eigenvalue weighted by molar-refractivity contribution is 5.94. The van der Waals surface area contributed by atoms with Crippen molar-refractivity contribution in [2.75, 3.05) is 13.1 Å². The summed E-state index contributed by atoms with van der Waals surface area (Å²) >= 11 is 0. The van der Waals surface area contributed by atoms with E-state index >= 15 is 0 Å². The summed E-state index contributed by atoms with van der Waals surface area (Å²) < 4.78 is 44.8. The fourth-order valence-corrected chi connectivity index (χ4v) is 4.27. The number of hydrogen-bond donors (Lipinski definition) is 0. The minimum absolute atomic E-state index is 0.114. The van der Waals surface area contributed by atoms with Gasteiger partial charge in [-0.1, -0.05) is 0 Å². The molecule has 0 radical (unpaired) electrons. The van der Waals surface area contributed by atoms with E-state index in [2.05, 4.69) is 15.1 Å². The number of alkyl halides is 2. The van der Waals surface area contributed by atoms with Crippen LogP contribution >= 0.6 is 0 Å². The summed E-state index contributed by atoms with van der Waals surface area (Å²) in [5.74, 6) is -4.09. The molecule has 0 spiro atoms. The van der Waals surface area contributed by atoms with Gasteiger partial charge in [0.1, 0.15) is 12.1 Å². The van der Waals surface area contributed by atoms with Gasteiger partial charge in [0.05, 0.1) is 12.2 Å². The molecule has 9 heteroatoms. The molecular formula is C21H20F3N5O. The van der Waals surface area contributed by atoms with Crippen molar-refractivity contribution in [1.82, 2.24) is 24.5 Å². The van der Waals surface area contributed by atoms with Crippen molar-refractivity contribution in [3.8, 4) is 0 Å². The Morgan fingerprint density at radius 1 is 1.20 bits per heavy atom. The van der Waals surface area contributed by atoms with E-state index in [0.717, 1.165) is 17.7 Å². The van der Waals surface area contributed by atoms with Gasteiger partial charge in [-0.25, -0.2) is 22.7 Å². The van der Waals surface area contributed by atoms with Crippen molar-refractivity contribution in [2.45, 2.75) is 43.9 Å². The molecule has 1 atom stereocenters. The zero-order valence-corrected chi connectivity index (χ0v) is 16.4. The van der Waals surface area contributed by atoms with E-state index in [1.807, 2.05) is 0 Å². The quantitative estimate of drug-likeness (QED) is 0.654. The highest BCUT2D eigenvalue weighted by atomic mass is 19.3. The van der Waals surface area contributed by atoms with Crippen molar-refractivity contribution < 1.29 is 18.0 Å². The van der Waals surface area contributed by atoms with Gasteiger partial charge in [-0.2, -0.15) is 10.1 Å². The number of aromatic nitrogens is 4. The number of piperidine rings is 1. The van der Waals surface area contributed by atoms with Crippen LogP contribution in [-0.2, 0) is 0 Å². The molecule has 1 aromatic carbocycles. The maximum Gasteiger partial charge on any atom is 0.266 e. The third-order valence-electron chi connectivity index (χ3n) is 5.78. The minimum atomic E-state index is -3.05. The Labute approximate surface area is 170 Å². The summed E-state index contributed by atoms with van der Waals surface area (Å²) in [6, 6.07) is 5.85. The topological polar surface area (TPSA) is 63.4 Å². The highest BCUT2D eigenvalue weighted by Gasteiger charge is 2.43. The maximum absolute atomic E-state index is 14.7. The smallest absolute Gasteiger partial charge is 0.266 e. The Kier molecular flexibility index (Phi) is 4.30. The summed E-state index contributed by atoms with van der Waals surface area (Å²) in [5.41, 5.74) is 1.93. The van der Waals surface area contributed by atoms with Gasteiger partial charge in [-0.15, -0.1) is 0 Å². The molecule has 1 aliphatic heterocycles. The first kappa shape index (κ1) is 19.0. The van der Waals surface area contributed by atoms with Gasteiger partial charge in [0, 0.05) is 30.1 Å². The molecule has 156 valence electrons. The molecule has 3 heterocycles. The lowest BCUT2D eigenvalue weighted by Crippen LogP contribution is -2.49. The number of halogens is 3. The Bertz CT molecular complexity index is 1140. The highest BCUT2D eigenvalue weighted by Crippen LogP contribution is 2.42. The third kappa shape index (κ3) is 3.42. The van der Waals surface area contributed by atoms with Gasteiger partial charge < -0.3 is 4.90 Å². The Morgan fingerprint density at radius 3 is 2.77 bits per heavy atom. The van der Waals surface area contributed by atoms with E-state index in [1.54, 1.807) is 13.0 Å². The largest absolute Gasteiger partial charge is 0.332 e. The number of rotatable bonds is 3. The molecule has 3 aromatic rings. The van der Waals surface area contributed by atoms with Crippen LogP contribution in [0.2, 0.25) is 0 Å². The van der Waals surface area contributed by atoms with Crippen LogP contribution in [0.4, 0.5) is 13.2 Å². The van der Waals surface area contributed by atoms with Gasteiger partial charge in [0.25, 0.3) is 17.6 Å². The number of carbonyl (C=O) groups excluding carboxylic acids is 1. The SMILES string of the molecule is Cc1cc([C@@H]2CN(C(=O)c3ccc(F)c(C4CC4)c3)CC(F)(F)C2)n2ncnc2n1. The number of nitrogens with zero attached hydrogens (tertiary/aromatic N) is 5. The molecule has 0 unspecified atom stereocenters. The van der Waals surface area contributed by atoms with Crippen LogP contribution in [0, 0.1) is 12.7 Å². The summed E-state index contributed by atoms with van der Waals surface area (Å²) in [4.78, 5) is 22.5. The zero-order chi connectivity index (χ0) is 21.0. The van der Waals surface area contributed by atoms with Crippen molar-refractivity contribution >= 4 is 11.7 Å². The first-order valence-electron chi connectivity index (χ1n) is 9.94. The van der Waals surface area contributed by atoms with Gasteiger partial charge in [-0.3, -0.25) is 4.79 Å². The van der Waals surface area contributed by atoms with Crippen LogP contribution in [0.3, 0.4) is 0 Å². The number of hydrogen-bond acceptors (Lipinski definition) is 4. The molecule has 1 amide bonds. The van der Waals surface area contributed by atoms with E-state index < -0.39 is 30.7 Å². The molecule has 1 aliphatic carbocycles. The van der Waals surface area contributed by atoms with Crippen LogP contribution in [0.5, 0.6) is 0 Å². The molecule has 2 aliphatic rings. The number of benzene rings is 1. The van der Waals surface area contributed by atoms with E-state index in [0.29, 0.717) is 22.7 Å². The minimum Gasteiger partial charge on any atom is -0.332 e. The number of carbonyl (C=O) groups is 1. The van der Waals surface area contributed by atoms with Crippen molar-refractivity contribution in [2.24, 2.45) is 0 Å². The average molecular weight is 415 g/mol. The van der Waals surface area contributed by atoms with Crippen LogP contribution in [0.25, 0.3) is 5.78 Å². The first-order chi connectivity index (χ1) is 14.3. The monoisotopic (exact) mass is 415 g/mol. The average Bonchev–Trinajstić information content (AvgIpc) is 3.43. The molecule has 2 aromatic heterocycles. The van der Waals surface area contributed by atoms with Crippen molar-refractivity contribution in [3.05, 3.63) is 58.9 Å². The van der Waals surface area contributed by atoms with E-state index in [9.17, 15) is 18.0 Å². The second kappa shape index (κ2) is 6.78. The second-order valence-corrected chi connectivity index (χ2v) is 8.25. The first-order valence-corrected chi connectivity index (χ1v) is 9.94.